The fourth-order valence-electron chi connectivity index (χ4n) is 2.60. The van der Waals surface area contributed by atoms with Crippen molar-refractivity contribution in [3.63, 3.8) is 0 Å². The number of amides is 1. The predicted molar refractivity (Wildman–Crippen MR) is 92.7 cm³/mol. The standard InChI is InChI=1S/C18H18N2O2S/c1-2-17(21)15-11-20(16-8-4-3-7-14(15)16)12-18(22)19-10-13-6-5-9-23-13/h3-9,11H,2,10,12H2,1H3,(H,19,22). The van der Waals surface area contributed by atoms with Crippen molar-refractivity contribution in [1.82, 2.24) is 9.88 Å². The van der Waals surface area contributed by atoms with Crippen LogP contribution in [0, 0.1) is 0 Å². The lowest BCUT2D eigenvalue weighted by molar-refractivity contribution is -0.121. The first-order valence-corrected chi connectivity index (χ1v) is 8.47. The van der Waals surface area contributed by atoms with Crippen molar-refractivity contribution in [3.05, 3.63) is 58.4 Å². The molecule has 0 unspecified atom stereocenters. The van der Waals surface area contributed by atoms with Gasteiger partial charge in [0.05, 0.1) is 6.54 Å². The molecule has 0 saturated heterocycles. The van der Waals surface area contributed by atoms with E-state index in [1.807, 2.05) is 53.3 Å². The molecule has 0 fully saturated rings. The molecular weight excluding hydrogens is 308 g/mol. The Bertz CT molecular complexity index is 834. The van der Waals surface area contributed by atoms with Gasteiger partial charge in [-0.3, -0.25) is 9.59 Å². The van der Waals surface area contributed by atoms with Crippen molar-refractivity contribution in [2.75, 3.05) is 0 Å². The van der Waals surface area contributed by atoms with Crippen LogP contribution in [0.25, 0.3) is 10.9 Å². The summed E-state index contributed by atoms with van der Waals surface area (Å²) >= 11 is 1.62. The second-order valence-electron chi connectivity index (χ2n) is 5.32. The highest BCUT2D eigenvalue weighted by Gasteiger charge is 2.14. The highest BCUT2D eigenvalue weighted by molar-refractivity contribution is 7.09. The van der Waals surface area contributed by atoms with Gasteiger partial charge in [-0.05, 0) is 17.5 Å². The third-order valence-corrected chi connectivity index (χ3v) is 4.64. The summed E-state index contributed by atoms with van der Waals surface area (Å²) < 4.78 is 1.85. The topological polar surface area (TPSA) is 51.1 Å². The Labute approximate surface area is 138 Å². The average molecular weight is 326 g/mol. The van der Waals surface area contributed by atoms with Gasteiger partial charge in [0.25, 0.3) is 0 Å². The van der Waals surface area contributed by atoms with Crippen LogP contribution >= 0.6 is 11.3 Å². The van der Waals surface area contributed by atoms with Gasteiger partial charge >= 0.3 is 0 Å². The van der Waals surface area contributed by atoms with Crippen LogP contribution in [0.4, 0.5) is 0 Å². The van der Waals surface area contributed by atoms with Crippen LogP contribution < -0.4 is 5.32 Å². The van der Waals surface area contributed by atoms with Crippen LogP contribution in [0.3, 0.4) is 0 Å². The van der Waals surface area contributed by atoms with Gasteiger partial charge in [0.1, 0.15) is 6.54 Å². The number of benzene rings is 1. The number of hydrogen-bond donors (Lipinski definition) is 1. The highest BCUT2D eigenvalue weighted by Crippen LogP contribution is 2.22. The van der Waals surface area contributed by atoms with Crippen LogP contribution in [0.15, 0.2) is 48.0 Å². The van der Waals surface area contributed by atoms with Crippen LogP contribution in [0.2, 0.25) is 0 Å². The zero-order chi connectivity index (χ0) is 16.2. The van der Waals surface area contributed by atoms with Gasteiger partial charge in [-0.15, -0.1) is 11.3 Å². The van der Waals surface area contributed by atoms with E-state index in [0.717, 1.165) is 15.8 Å². The van der Waals surface area contributed by atoms with Crippen molar-refractivity contribution in [2.24, 2.45) is 0 Å². The number of hydrogen-bond acceptors (Lipinski definition) is 3. The molecule has 0 atom stereocenters. The molecule has 0 spiro atoms. The highest BCUT2D eigenvalue weighted by atomic mass is 32.1. The number of para-hydroxylation sites is 1. The number of nitrogens with one attached hydrogen (secondary N) is 1. The summed E-state index contributed by atoms with van der Waals surface area (Å²) in [5.74, 6) is 0.0357. The minimum absolute atomic E-state index is 0.0605. The van der Waals surface area contributed by atoms with Gasteiger partial charge in [0.15, 0.2) is 5.78 Å². The minimum Gasteiger partial charge on any atom is -0.350 e. The molecule has 3 rings (SSSR count). The molecule has 0 aliphatic rings. The van der Waals surface area contributed by atoms with Crippen LogP contribution in [0.5, 0.6) is 0 Å². The molecule has 2 heterocycles. The third-order valence-electron chi connectivity index (χ3n) is 3.76. The molecule has 1 N–H and O–H groups in total. The van der Waals surface area contributed by atoms with E-state index in [9.17, 15) is 9.59 Å². The number of Topliss-reactive ketones (excluding diaryl/α,β-unsaturated/α-hetero) is 1. The first-order chi connectivity index (χ1) is 11.2. The Kier molecular flexibility index (Phi) is 4.57. The van der Waals surface area contributed by atoms with Crippen LogP contribution in [-0.2, 0) is 17.9 Å². The van der Waals surface area contributed by atoms with Gasteiger partial charge in [0, 0.05) is 34.0 Å². The molecule has 4 nitrogen and oxygen atoms in total. The summed E-state index contributed by atoms with van der Waals surface area (Å²) in [4.78, 5) is 25.4. The lowest BCUT2D eigenvalue weighted by Crippen LogP contribution is -2.26. The van der Waals surface area contributed by atoms with Crippen LogP contribution in [-0.4, -0.2) is 16.3 Å². The smallest absolute Gasteiger partial charge is 0.240 e. The maximum absolute atomic E-state index is 12.2. The molecule has 118 valence electrons. The van der Waals surface area contributed by atoms with E-state index in [2.05, 4.69) is 5.32 Å². The number of nitrogens with zero attached hydrogens (tertiary/aromatic N) is 1. The quantitative estimate of drug-likeness (QED) is 0.704. The molecule has 0 radical (unpaired) electrons. The Hall–Kier alpha value is -2.40. The van der Waals surface area contributed by atoms with E-state index < -0.39 is 0 Å². The maximum atomic E-state index is 12.2. The monoisotopic (exact) mass is 326 g/mol. The van der Waals surface area contributed by atoms with Gasteiger partial charge in [0.2, 0.25) is 5.91 Å². The average Bonchev–Trinajstić information content (AvgIpc) is 3.21. The normalized spacial score (nSPS) is 10.8. The number of carbonyl (C=O) groups excluding carboxylic acids is 2. The third kappa shape index (κ3) is 3.35. The Morgan fingerprint density at radius 3 is 2.74 bits per heavy atom. The van der Waals surface area contributed by atoms with Crippen molar-refractivity contribution in [1.29, 1.82) is 0 Å². The number of fused-ring (bicyclic) bond motifs is 1. The molecule has 0 aliphatic heterocycles. The minimum atomic E-state index is -0.0605. The van der Waals surface area contributed by atoms with Crippen molar-refractivity contribution in [2.45, 2.75) is 26.4 Å². The second-order valence-corrected chi connectivity index (χ2v) is 6.35. The Balaban J connectivity index is 1.79. The molecule has 0 saturated carbocycles. The molecule has 23 heavy (non-hydrogen) atoms. The van der Waals surface area contributed by atoms with Crippen LogP contribution in [0.1, 0.15) is 28.6 Å². The first kappa shape index (κ1) is 15.5. The van der Waals surface area contributed by atoms with Crippen molar-refractivity contribution in [3.8, 4) is 0 Å². The second kappa shape index (κ2) is 6.79. The molecule has 1 aromatic carbocycles. The summed E-state index contributed by atoms with van der Waals surface area (Å²) in [5, 5.41) is 5.81. The van der Waals surface area contributed by atoms with E-state index in [1.165, 1.54) is 0 Å². The summed E-state index contributed by atoms with van der Waals surface area (Å²) in [7, 11) is 0. The van der Waals surface area contributed by atoms with E-state index in [-0.39, 0.29) is 18.2 Å². The summed E-state index contributed by atoms with van der Waals surface area (Å²) in [6.07, 6.45) is 2.25. The SMILES string of the molecule is CCC(=O)c1cn(CC(=O)NCc2cccs2)c2ccccc12. The van der Waals surface area contributed by atoms with Gasteiger partial charge in [-0.1, -0.05) is 31.2 Å². The van der Waals surface area contributed by atoms with E-state index in [0.29, 0.717) is 18.5 Å². The fraction of sp³-hybridized carbons (Fsp3) is 0.222. The maximum Gasteiger partial charge on any atom is 0.240 e. The van der Waals surface area contributed by atoms with E-state index in [4.69, 9.17) is 0 Å². The molecule has 2 aromatic heterocycles. The van der Waals surface area contributed by atoms with Gasteiger partial charge in [-0.2, -0.15) is 0 Å². The zero-order valence-electron chi connectivity index (χ0n) is 12.9. The predicted octanol–water partition coefficient (Wildman–Crippen LogP) is 3.61. The molecular formula is C18H18N2O2S. The number of aromatic nitrogens is 1. The zero-order valence-corrected chi connectivity index (χ0v) is 13.7. The molecule has 3 aromatic rings. The molecule has 1 amide bonds. The molecule has 0 bridgehead atoms. The van der Waals surface area contributed by atoms with Crippen molar-refractivity contribution >= 4 is 33.9 Å². The number of rotatable bonds is 6. The number of thiophene rings is 1. The number of ketones is 1. The summed E-state index contributed by atoms with van der Waals surface area (Å²) in [5.41, 5.74) is 1.60. The van der Waals surface area contributed by atoms with Gasteiger partial charge < -0.3 is 9.88 Å². The Morgan fingerprint density at radius 2 is 2.00 bits per heavy atom. The lowest BCUT2D eigenvalue weighted by atomic mass is 10.1. The molecule has 0 aliphatic carbocycles. The first-order valence-electron chi connectivity index (χ1n) is 7.59. The molecule has 5 heteroatoms. The van der Waals surface area contributed by atoms with Crippen molar-refractivity contribution < 1.29 is 9.59 Å². The Morgan fingerprint density at radius 1 is 1.17 bits per heavy atom. The summed E-state index contributed by atoms with van der Waals surface area (Å²) in [6.45, 7) is 2.60. The van der Waals surface area contributed by atoms with Gasteiger partial charge in [-0.25, -0.2) is 0 Å². The van der Waals surface area contributed by atoms with E-state index in [1.54, 1.807) is 17.5 Å². The summed E-state index contributed by atoms with van der Waals surface area (Å²) in [6, 6.07) is 11.7. The fourth-order valence-corrected chi connectivity index (χ4v) is 3.24. The number of carbonyl (C=O) groups is 2. The van der Waals surface area contributed by atoms with E-state index >= 15 is 0 Å². The largest absolute Gasteiger partial charge is 0.350 e. The lowest BCUT2D eigenvalue weighted by Gasteiger charge is -2.06.